The average molecular weight is 351 g/mol. The van der Waals surface area contributed by atoms with Crippen molar-refractivity contribution >= 4 is 28.2 Å². The van der Waals surface area contributed by atoms with Crippen molar-refractivity contribution in [1.82, 2.24) is 4.98 Å². The molecule has 27 heavy (non-hydrogen) atoms. The fraction of sp³-hybridized carbons (Fsp3) is 0. The van der Waals surface area contributed by atoms with E-state index in [4.69, 9.17) is 4.84 Å². The Morgan fingerprint density at radius 2 is 1.89 bits per heavy atom. The van der Waals surface area contributed by atoms with Crippen LogP contribution in [0, 0.1) is 0 Å². The molecule has 0 atom stereocenters. The smallest absolute Gasteiger partial charge is 0.312 e. The van der Waals surface area contributed by atoms with E-state index in [0.29, 0.717) is 11.3 Å². The Balaban J connectivity index is 1.48. The maximum atomic E-state index is 12.4. The van der Waals surface area contributed by atoms with Crippen LogP contribution in [0.15, 0.2) is 94.9 Å². The van der Waals surface area contributed by atoms with Crippen LogP contribution in [0.25, 0.3) is 16.5 Å². The third kappa shape index (κ3) is 2.66. The maximum Gasteiger partial charge on any atom is 0.367 e. The number of nitrogens with zero attached hydrogens (tertiary/aromatic N) is 3. The summed E-state index contributed by atoms with van der Waals surface area (Å²) in [6, 6.07) is 17.2. The van der Waals surface area contributed by atoms with E-state index in [1.807, 2.05) is 66.8 Å². The van der Waals surface area contributed by atoms with Gasteiger partial charge in [0, 0.05) is 22.4 Å². The van der Waals surface area contributed by atoms with Gasteiger partial charge >= 0.3 is 5.97 Å². The molecule has 0 amide bonds. The summed E-state index contributed by atoms with van der Waals surface area (Å²) in [6.45, 7) is 0. The van der Waals surface area contributed by atoms with Crippen LogP contribution in [0.4, 0.5) is 0 Å². The number of allylic oxidation sites excluding steroid dienone is 4. The summed E-state index contributed by atoms with van der Waals surface area (Å²) in [7, 11) is 0. The van der Waals surface area contributed by atoms with Crippen LogP contribution in [-0.4, -0.2) is 16.7 Å². The SMILES string of the molecule is O=C(ON=C1C=CC=C2N=c3ccccc3=C21)c1cnc2ccccc2c1. The molecule has 5 rings (SSSR count). The molecule has 2 aliphatic rings. The number of pyridine rings is 1. The number of para-hydroxylation sites is 2. The molecule has 2 heterocycles. The quantitative estimate of drug-likeness (QED) is 0.527. The van der Waals surface area contributed by atoms with Gasteiger partial charge in [-0.3, -0.25) is 4.98 Å². The molecule has 5 nitrogen and oxygen atoms in total. The number of fused-ring (bicyclic) bond motifs is 3. The number of benzene rings is 2. The third-order valence-electron chi connectivity index (χ3n) is 4.49. The minimum Gasteiger partial charge on any atom is -0.312 e. The van der Waals surface area contributed by atoms with Gasteiger partial charge in [-0.2, -0.15) is 0 Å². The average Bonchev–Trinajstić information content (AvgIpc) is 3.11. The Kier molecular flexibility index (Phi) is 3.50. The first kappa shape index (κ1) is 15.4. The molecular formula is C22H13N3O2. The first-order valence-electron chi connectivity index (χ1n) is 8.51. The van der Waals surface area contributed by atoms with Crippen LogP contribution in [0.1, 0.15) is 10.4 Å². The molecule has 0 spiro atoms. The van der Waals surface area contributed by atoms with Gasteiger partial charge in [0.05, 0.1) is 22.1 Å². The van der Waals surface area contributed by atoms with Crippen LogP contribution >= 0.6 is 0 Å². The van der Waals surface area contributed by atoms with E-state index in [-0.39, 0.29) is 0 Å². The summed E-state index contributed by atoms with van der Waals surface area (Å²) in [6.07, 6.45) is 7.07. The summed E-state index contributed by atoms with van der Waals surface area (Å²) in [5.41, 5.74) is 3.45. The van der Waals surface area contributed by atoms with Crippen molar-refractivity contribution in [3.05, 3.63) is 101 Å². The Hall–Kier alpha value is -3.86. The normalized spacial score (nSPS) is 15.9. The lowest BCUT2D eigenvalue weighted by molar-refractivity contribution is 0.0517. The number of carbonyl (C=O) groups is 1. The summed E-state index contributed by atoms with van der Waals surface area (Å²) >= 11 is 0. The summed E-state index contributed by atoms with van der Waals surface area (Å²) < 4.78 is 0. The Bertz CT molecular complexity index is 1320. The molecule has 1 aliphatic heterocycles. The van der Waals surface area contributed by atoms with Crippen molar-refractivity contribution in [2.24, 2.45) is 10.1 Å². The Morgan fingerprint density at radius 1 is 1.04 bits per heavy atom. The molecule has 128 valence electrons. The molecule has 5 heteroatoms. The summed E-state index contributed by atoms with van der Waals surface area (Å²) in [4.78, 5) is 26.5. The van der Waals surface area contributed by atoms with E-state index >= 15 is 0 Å². The Morgan fingerprint density at radius 3 is 2.85 bits per heavy atom. The van der Waals surface area contributed by atoms with Crippen molar-refractivity contribution in [3.8, 4) is 0 Å². The van der Waals surface area contributed by atoms with Gasteiger partial charge < -0.3 is 4.84 Å². The second kappa shape index (κ2) is 6.14. The van der Waals surface area contributed by atoms with Crippen LogP contribution < -0.4 is 10.6 Å². The van der Waals surface area contributed by atoms with Gasteiger partial charge in [-0.25, -0.2) is 9.79 Å². The van der Waals surface area contributed by atoms with Crippen LogP contribution in [0.2, 0.25) is 0 Å². The van der Waals surface area contributed by atoms with E-state index < -0.39 is 5.97 Å². The molecular weight excluding hydrogens is 338 g/mol. The fourth-order valence-corrected chi connectivity index (χ4v) is 3.21. The summed E-state index contributed by atoms with van der Waals surface area (Å²) in [5.74, 6) is -0.547. The van der Waals surface area contributed by atoms with Crippen molar-refractivity contribution in [1.29, 1.82) is 0 Å². The van der Waals surface area contributed by atoms with Crippen LogP contribution in [0.3, 0.4) is 0 Å². The molecule has 1 aliphatic carbocycles. The highest BCUT2D eigenvalue weighted by Crippen LogP contribution is 2.21. The van der Waals surface area contributed by atoms with E-state index in [2.05, 4.69) is 15.1 Å². The molecule has 0 unspecified atom stereocenters. The van der Waals surface area contributed by atoms with Crippen molar-refractivity contribution in [2.45, 2.75) is 0 Å². The van der Waals surface area contributed by atoms with E-state index in [0.717, 1.165) is 32.7 Å². The predicted molar refractivity (Wildman–Crippen MR) is 102 cm³/mol. The van der Waals surface area contributed by atoms with Crippen LogP contribution in [0.5, 0.6) is 0 Å². The highest BCUT2D eigenvalue weighted by atomic mass is 16.7. The van der Waals surface area contributed by atoms with Crippen LogP contribution in [-0.2, 0) is 4.84 Å². The number of hydrogen-bond acceptors (Lipinski definition) is 5. The largest absolute Gasteiger partial charge is 0.367 e. The predicted octanol–water partition coefficient (Wildman–Crippen LogP) is 2.69. The van der Waals surface area contributed by atoms with Gasteiger partial charge in [0.15, 0.2) is 0 Å². The molecule has 0 N–H and O–H groups in total. The minimum absolute atomic E-state index is 0.357. The number of hydrogen-bond donors (Lipinski definition) is 0. The third-order valence-corrected chi connectivity index (χ3v) is 4.49. The Labute approximate surface area is 154 Å². The van der Waals surface area contributed by atoms with Gasteiger partial charge in [-0.05, 0) is 30.4 Å². The van der Waals surface area contributed by atoms with Gasteiger partial charge in [0.1, 0.15) is 5.71 Å². The zero-order valence-corrected chi connectivity index (χ0v) is 14.2. The topological polar surface area (TPSA) is 63.9 Å². The first-order valence-corrected chi connectivity index (χ1v) is 8.51. The van der Waals surface area contributed by atoms with Crippen molar-refractivity contribution in [2.75, 3.05) is 0 Å². The lowest BCUT2D eigenvalue weighted by Gasteiger charge is -2.08. The second-order valence-electron chi connectivity index (χ2n) is 6.19. The fourth-order valence-electron chi connectivity index (χ4n) is 3.21. The lowest BCUT2D eigenvalue weighted by atomic mass is 10.0. The van der Waals surface area contributed by atoms with Crippen molar-refractivity contribution in [3.63, 3.8) is 0 Å². The van der Waals surface area contributed by atoms with Gasteiger partial charge in [0.25, 0.3) is 0 Å². The van der Waals surface area contributed by atoms with Gasteiger partial charge in [0.2, 0.25) is 0 Å². The number of carbonyl (C=O) groups excluding carboxylic acids is 1. The minimum atomic E-state index is -0.547. The molecule has 0 saturated heterocycles. The van der Waals surface area contributed by atoms with E-state index in [9.17, 15) is 4.79 Å². The molecule has 1 aromatic heterocycles. The monoisotopic (exact) mass is 351 g/mol. The number of rotatable bonds is 2. The lowest BCUT2D eigenvalue weighted by Crippen LogP contribution is -2.24. The maximum absolute atomic E-state index is 12.4. The second-order valence-corrected chi connectivity index (χ2v) is 6.19. The van der Waals surface area contributed by atoms with Gasteiger partial charge in [-0.1, -0.05) is 47.6 Å². The molecule has 0 fully saturated rings. The highest BCUT2D eigenvalue weighted by molar-refractivity contribution is 6.30. The van der Waals surface area contributed by atoms with E-state index in [1.54, 1.807) is 6.07 Å². The zero-order valence-electron chi connectivity index (χ0n) is 14.2. The number of oxime groups is 1. The standard InChI is InChI=1S/C22H13N3O2/c26-22(15-12-14-6-1-3-8-17(14)23-13-15)27-25-20-11-5-10-19-21(20)16-7-2-4-9-18(16)24-19/h1-13H. The van der Waals surface area contributed by atoms with E-state index in [1.165, 1.54) is 6.20 Å². The molecule has 0 saturated carbocycles. The molecule has 3 aromatic rings. The zero-order chi connectivity index (χ0) is 18.2. The first-order chi connectivity index (χ1) is 13.3. The summed E-state index contributed by atoms with van der Waals surface area (Å²) in [5, 5.41) is 6.84. The van der Waals surface area contributed by atoms with Gasteiger partial charge in [-0.15, -0.1) is 0 Å². The van der Waals surface area contributed by atoms with Crippen molar-refractivity contribution < 1.29 is 9.63 Å². The highest BCUT2D eigenvalue weighted by Gasteiger charge is 2.20. The molecule has 2 aromatic carbocycles. The molecule has 0 bridgehead atoms. The number of aromatic nitrogens is 1. The molecule has 0 radical (unpaired) electrons.